The van der Waals surface area contributed by atoms with E-state index in [0.29, 0.717) is 18.5 Å². The molecular formula is C12H18ClN5O2. The van der Waals surface area contributed by atoms with Gasteiger partial charge in [0.05, 0.1) is 4.92 Å². The van der Waals surface area contributed by atoms with Crippen LogP contribution < -0.4 is 5.32 Å². The zero-order valence-electron chi connectivity index (χ0n) is 11.5. The second-order valence-electron chi connectivity index (χ2n) is 5.25. The molecule has 0 bridgehead atoms. The van der Waals surface area contributed by atoms with Crippen molar-refractivity contribution in [1.82, 2.24) is 14.9 Å². The van der Waals surface area contributed by atoms with Crippen LogP contribution in [0.15, 0.2) is 6.20 Å². The molecule has 110 valence electrons. The average Bonchev–Trinajstić information content (AvgIpc) is 2.85. The van der Waals surface area contributed by atoms with Crippen LogP contribution in [-0.2, 0) is 0 Å². The van der Waals surface area contributed by atoms with Gasteiger partial charge < -0.3 is 10.2 Å². The molecule has 2 rings (SSSR count). The molecule has 20 heavy (non-hydrogen) atoms. The Morgan fingerprint density at radius 1 is 1.65 bits per heavy atom. The first-order valence-corrected chi connectivity index (χ1v) is 7.00. The summed E-state index contributed by atoms with van der Waals surface area (Å²) < 4.78 is 0. The Kier molecular flexibility index (Phi) is 4.72. The van der Waals surface area contributed by atoms with Crippen molar-refractivity contribution < 1.29 is 4.92 Å². The Balaban J connectivity index is 1.98. The van der Waals surface area contributed by atoms with Crippen LogP contribution >= 0.6 is 11.6 Å². The molecule has 7 nitrogen and oxygen atoms in total. The molecule has 1 aliphatic heterocycles. The zero-order valence-corrected chi connectivity index (χ0v) is 12.3. The molecule has 0 saturated carbocycles. The minimum atomic E-state index is -0.506. The van der Waals surface area contributed by atoms with Crippen LogP contribution in [0.1, 0.15) is 20.3 Å². The highest BCUT2D eigenvalue weighted by Crippen LogP contribution is 2.24. The summed E-state index contributed by atoms with van der Waals surface area (Å²) in [4.78, 5) is 20.3. The highest BCUT2D eigenvalue weighted by atomic mass is 35.5. The Morgan fingerprint density at radius 3 is 3.00 bits per heavy atom. The van der Waals surface area contributed by atoms with Crippen molar-refractivity contribution in [2.24, 2.45) is 5.92 Å². The Labute approximate surface area is 122 Å². The largest absolute Gasteiger partial charge is 0.364 e. The van der Waals surface area contributed by atoms with Gasteiger partial charge in [-0.25, -0.2) is 4.98 Å². The molecule has 1 aromatic rings. The highest BCUT2D eigenvalue weighted by Gasteiger charge is 2.25. The lowest BCUT2D eigenvalue weighted by Gasteiger charge is -2.20. The molecule has 1 atom stereocenters. The van der Waals surface area contributed by atoms with E-state index < -0.39 is 4.92 Å². The fourth-order valence-corrected chi connectivity index (χ4v) is 2.49. The zero-order chi connectivity index (χ0) is 14.7. The maximum absolute atomic E-state index is 10.9. The van der Waals surface area contributed by atoms with Crippen LogP contribution in [0.3, 0.4) is 0 Å². The monoisotopic (exact) mass is 299 g/mol. The lowest BCUT2D eigenvalue weighted by atomic mass is 10.1. The standard InChI is InChI=1S/C12H18ClN5O2/c1-8(2)17-4-3-9(7-17)5-14-11-10(18(19)20)6-15-12(13)16-11/h6,8-9H,3-5,7H2,1-2H3,(H,14,15,16). The molecule has 1 aliphatic rings. The van der Waals surface area contributed by atoms with E-state index in [1.165, 1.54) is 0 Å². The predicted octanol–water partition coefficient (Wildman–Crippen LogP) is 2.18. The number of nitro groups is 1. The van der Waals surface area contributed by atoms with Gasteiger partial charge in [0.2, 0.25) is 11.1 Å². The number of halogens is 1. The summed E-state index contributed by atoms with van der Waals surface area (Å²) in [6, 6.07) is 0.530. The maximum atomic E-state index is 10.9. The number of hydrogen-bond donors (Lipinski definition) is 1. The van der Waals surface area contributed by atoms with Gasteiger partial charge in [-0.15, -0.1) is 0 Å². The smallest absolute Gasteiger partial charge is 0.329 e. The summed E-state index contributed by atoms with van der Waals surface area (Å²) in [6.07, 6.45) is 2.21. The summed E-state index contributed by atoms with van der Waals surface area (Å²) in [5.41, 5.74) is -0.145. The van der Waals surface area contributed by atoms with E-state index >= 15 is 0 Å². The minimum Gasteiger partial charge on any atom is -0.364 e. The molecule has 0 spiro atoms. The van der Waals surface area contributed by atoms with E-state index in [9.17, 15) is 10.1 Å². The molecular weight excluding hydrogens is 282 g/mol. The fourth-order valence-electron chi connectivity index (χ4n) is 2.36. The maximum Gasteiger partial charge on any atom is 0.329 e. The second-order valence-corrected chi connectivity index (χ2v) is 5.59. The predicted molar refractivity (Wildman–Crippen MR) is 77.0 cm³/mol. The van der Waals surface area contributed by atoms with Gasteiger partial charge in [0, 0.05) is 19.1 Å². The van der Waals surface area contributed by atoms with Crippen molar-refractivity contribution in [3.63, 3.8) is 0 Å². The lowest BCUT2D eigenvalue weighted by molar-refractivity contribution is -0.384. The number of rotatable bonds is 5. The summed E-state index contributed by atoms with van der Waals surface area (Å²) >= 11 is 5.69. The molecule has 0 aromatic carbocycles. The van der Waals surface area contributed by atoms with Crippen LogP contribution in [0.4, 0.5) is 11.5 Å². The Bertz CT molecular complexity index is 497. The van der Waals surface area contributed by atoms with Gasteiger partial charge in [-0.05, 0) is 44.3 Å². The van der Waals surface area contributed by atoms with Crippen LogP contribution in [-0.4, -0.2) is 45.5 Å². The van der Waals surface area contributed by atoms with Crippen molar-refractivity contribution in [3.8, 4) is 0 Å². The fraction of sp³-hybridized carbons (Fsp3) is 0.667. The van der Waals surface area contributed by atoms with E-state index in [2.05, 4.69) is 34.0 Å². The van der Waals surface area contributed by atoms with Crippen molar-refractivity contribution >= 4 is 23.1 Å². The number of aromatic nitrogens is 2. The van der Waals surface area contributed by atoms with Gasteiger partial charge in [0.15, 0.2) is 0 Å². The van der Waals surface area contributed by atoms with Crippen LogP contribution in [0.2, 0.25) is 5.28 Å². The lowest BCUT2D eigenvalue weighted by Crippen LogP contribution is -2.29. The summed E-state index contributed by atoms with van der Waals surface area (Å²) in [6.45, 7) is 7.06. The number of anilines is 1. The van der Waals surface area contributed by atoms with Crippen molar-refractivity contribution in [1.29, 1.82) is 0 Å². The Hall–Kier alpha value is -1.47. The minimum absolute atomic E-state index is 0.00771. The summed E-state index contributed by atoms with van der Waals surface area (Å²) in [7, 11) is 0. The molecule has 1 N–H and O–H groups in total. The van der Waals surface area contributed by atoms with Gasteiger partial charge in [0.25, 0.3) is 0 Å². The third-order valence-corrected chi connectivity index (χ3v) is 3.72. The highest BCUT2D eigenvalue weighted by molar-refractivity contribution is 6.28. The quantitative estimate of drug-likeness (QED) is 0.509. The first-order valence-electron chi connectivity index (χ1n) is 6.62. The normalized spacial score (nSPS) is 19.5. The molecule has 8 heteroatoms. The van der Waals surface area contributed by atoms with Gasteiger partial charge in [-0.2, -0.15) is 4.98 Å². The molecule has 1 unspecified atom stereocenters. The second kappa shape index (κ2) is 6.32. The summed E-state index contributed by atoms with van der Waals surface area (Å²) in [5.74, 6) is 0.656. The van der Waals surface area contributed by atoms with Crippen molar-refractivity contribution in [3.05, 3.63) is 21.6 Å². The molecule has 1 aromatic heterocycles. The van der Waals surface area contributed by atoms with Crippen LogP contribution in [0, 0.1) is 16.0 Å². The SMILES string of the molecule is CC(C)N1CCC(CNc2nc(Cl)ncc2[N+](=O)[O-])C1. The molecule has 2 heterocycles. The van der Waals surface area contributed by atoms with Gasteiger partial charge >= 0.3 is 5.69 Å². The van der Waals surface area contributed by atoms with E-state index in [1.807, 2.05) is 0 Å². The number of nitrogens with zero attached hydrogens (tertiary/aromatic N) is 4. The number of likely N-dealkylation sites (tertiary alicyclic amines) is 1. The van der Waals surface area contributed by atoms with Gasteiger partial charge in [-0.1, -0.05) is 0 Å². The number of hydrogen-bond acceptors (Lipinski definition) is 6. The van der Waals surface area contributed by atoms with E-state index in [1.54, 1.807) is 0 Å². The van der Waals surface area contributed by atoms with Gasteiger partial charge in [0.1, 0.15) is 6.20 Å². The van der Waals surface area contributed by atoms with Crippen molar-refractivity contribution in [2.45, 2.75) is 26.3 Å². The first kappa shape index (κ1) is 14.9. The van der Waals surface area contributed by atoms with Gasteiger partial charge in [-0.3, -0.25) is 10.1 Å². The first-order chi connectivity index (χ1) is 9.47. The van der Waals surface area contributed by atoms with E-state index in [0.717, 1.165) is 25.7 Å². The third-order valence-electron chi connectivity index (χ3n) is 3.54. The summed E-state index contributed by atoms with van der Waals surface area (Å²) in [5, 5.41) is 13.9. The molecule has 1 fully saturated rings. The average molecular weight is 300 g/mol. The van der Waals surface area contributed by atoms with E-state index in [4.69, 9.17) is 11.6 Å². The van der Waals surface area contributed by atoms with Crippen LogP contribution in [0.5, 0.6) is 0 Å². The van der Waals surface area contributed by atoms with Crippen molar-refractivity contribution in [2.75, 3.05) is 25.0 Å². The Morgan fingerprint density at radius 2 is 2.40 bits per heavy atom. The van der Waals surface area contributed by atoms with E-state index in [-0.39, 0.29) is 16.8 Å². The molecule has 0 amide bonds. The number of nitrogens with one attached hydrogen (secondary N) is 1. The molecule has 0 aliphatic carbocycles. The van der Waals surface area contributed by atoms with Crippen LogP contribution in [0.25, 0.3) is 0 Å². The third kappa shape index (κ3) is 3.55. The molecule has 1 saturated heterocycles. The topological polar surface area (TPSA) is 84.2 Å². The molecule has 0 radical (unpaired) electrons.